The first-order chi connectivity index (χ1) is 33.5. The van der Waals surface area contributed by atoms with Gasteiger partial charge in [-0.25, -0.2) is 4.99 Å². The Labute approximate surface area is 418 Å². The maximum absolute atomic E-state index is 5.62. The SMILES string of the molecule is COc1ccc2c(/C=C3\N=C(c4ccc(C)s4)c4cc(C)ccc43)[nH]c(-c3ccc(C)s3)c2c1.COc1ccc2c3n(c(-c4ccc(C)s4)c2c1)[B][N+]1=C(c2ccc(C)s2)c2cc(C)ccc2C1=C3. The van der Waals surface area contributed by atoms with Crippen LogP contribution in [0.5, 0.6) is 11.5 Å². The smallest absolute Gasteiger partial charge is 0.497 e. The number of nitrogens with zero attached hydrogens (tertiary/aromatic N) is 3. The Hall–Kier alpha value is -6.76. The highest BCUT2D eigenvalue weighted by molar-refractivity contribution is 7.16. The number of aryl methyl sites for hydroxylation is 6. The predicted molar refractivity (Wildman–Crippen MR) is 296 cm³/mol. The number of aliphatic imine (C=N–C) groups is 1. The second-order valence-corrected chi connectivity index (χ2v) is 23.1. The highest BCUT2D eigenvalue weighted by Crippen LogP contribution is 2.45. The van der Waals surface area contributed by atoms with E-state index in [0.29, 0.717) is 0 Å². The van der Waals surface area contributed by atoms with Crippen molar-refractivity contribution in [2.75, 3.05) is 14.2 Å². The molecular weight excluding hydrogens is 924 g/mol. The molecule has 11 heteroatoms. The minimum absolute atomic E-state index is 0.857. The molecule has 9 heterocycles. The Morgan fingerprint density at radius 2 is 1.13 bits per heavy atom. The summed E-state index contributed by atoms with van der Waals surface area (Å²) in [6.45, 7) is 12.9. The van der Waals surface area contributed by atoms with Crippen LogP contribution in [0.15, 0.2) is 126 Å². The van der Waals surface area contributed by atoms with Gasteiger partial charge in [-0.15, -0.1) is 45.3 Å². The average molecular weight is 971 g/mol. The van der Waals surface area contributed by atoms with Crippen LogP contribution in [0, 0.1) is 41.5 Å². The van der Waals surface area contributed by atoms with Crippen LogP contribution in [0.25, 0.3) is 66.2 Å². The van der Waals surface area contributed by atoms with Gasteiger partial charge in [-0.05, 0) is 151 Å². The predicted octanol–water partition coefficient (Wildman–Crippen LogP) is 15.4. The molecule has 337 valence electrons. The van der Waals surface area contributed by atoms with Crippen LogP contribution in [-0.4, -0.2) is 47.1 Å². The van der Waals surface area contributed by atoms with E-state index in [9.17, 15) is 0 Å². The van der Waals surface area contributed by atoms with E-state index in [1.54, 1.807) is 36.9 Å². The standard InChI is InChI=1S/C29H23BN2OS2.C29H24N2OS2/c1-16-5-9-20-22(13-16)28(26-11-6-17(2)34-26)31-24(20)15-25-21-10-8-19(33-4)14-23(21)29(32(25)30-31)27-12-7-18(3)35-27;1-16-5-9-20-22(13-16)28(26-11-6-17(2)33-26)30-24(20)15-25-21-10-8-19(32-4)14-23(21)29(31-25)27-12-7-18(3)34-27/h5-15H,1-4H3;5-15,31H,1-4H3/q+1;/b;24-15-. The summed E-state index contributed by atoms with van der Waals surface area (Å²) in [5.41, 5.74) is 16.7. The van der Waals surface area contributed by atoms with Gasteiger partial charge in [0.05, 0.1) is 67.7 Å². The Morgan fingerprint density at radius 1 is 0.551 bits per heavy atom. The molecule has 0 bridgehead atoms. The van der Waals surface area contributed by atoms with E-state index in [4.69, 9.17) is 14.5 Å². The van der Waals surface area contributed by atoms with Crippen molar-refractivity contribution in [1.29, 1.82) is 0 Å². The van der Waals surface area contributed by atoms with Gasteiger partial charge in [0.2, 0.25) is 5.71 Å². The van der Waals surface area contributed by atoms with Crippen molar-refractivity contribution in [2.24, 2.45) is 4.99 Å². The quantitative estimate of drug-likeness (QED) is 0.162. The van der Waals surface area contributed by atoms with Gasteiger partial charge >= 0.3 is 7.55 Å². The Balaban J connectivity index is 0.000000143. The van der Waals surface area contributed by atoms with Crippen LogP contribution in [0.3, 0.4) is 0 Å². The normalized spacial score (nSPS) is 14.1. The van der Waals surface area contributed by atoms with E-state index in [1.165, 1.54) is 111 Å². The number of fused-ring (bicyclic) bond motifs is 8. The molecule has 0 saturated heterocycles. The maximum Gasteiger partial charge on any atom is 0.700 e. The van der Waals surface area contributed by atoms with Crippen LogP contribution < -0.4 is 9.47 Å². The van der Waals surface area contributed by atoms with Crippen molar-refractivity contribution >= 4 is 109 Å². The molecule has 6 aromatic heterocycles. The second-order valence-electron chi connectivity index (χ2n) is 17.9. The fourth-order valence-corrected chi connectivity index (χ4v) is 13.5. The van der Waals surface area contributed by atoms with Crippen molar-refractivity contribution in [1.82, 2.24) is 9.46 Å². The number of nitrogens with one attached hydrogen (secondary N) is 1. The first-order valence-electron chi connectivity index (χ1n) is 23.0. The summed E-state index contributed by atoms with van der Waals surface area (Å²) in [6, 6.07) is 43.8. The largest absolute Gasteiger partial charge is 0.700 e. The highest BCUT2D eigenvalue weighted by Gasteiger charge is 2.43. The van der Waals surface area contributed by atoms with E-state index < -0.39 is 0 Å². The summed E-state index contributed by atoms with van der Waals surface area (Å²) >= 11 is 7.28. The fourth-order valence-electron chi connectivity index (χ4n) is 9.87. The molecule has 0 spiro atoms. The summed E-state index contributed by atoms with van der Waals surface area (Å²) in [5.74, 6) is 1.74. The van der Waals surface area contributed by atoms with Gasteiger partial charge in [-0.3, -0.25) is 4.49 Å². The average Bonchev–Trinajstić information content (AvgIpc) is 4.24. The number of benzene rings is 4. The van der Waals surface area contributed by atoms with Gasteiger partial charge in [0, 0.05) is 69.6 Å². The third-order valence-corrected chi connectivity index (χ3v) is 17.2. The number of aromatic amines is 1. The lowest BCUT2D eigenvalue weighted by molar-refractivity contribution is -0.264. The van der Waals surface area contributed by atoms with Crippen LogP contribution >= 0.6 is 45.3 Å². The molecular formula is C58H47BN4O2S4+. The van der Waals surface area contributed by atoms with Gasteiger partial charge in [-0.2, -0.15) is 0 Å². The van der Waals surface area contributed by atoms with Gasteiger partial charge in [0.1, 0.15) is 11.5 Å². The van der Waals surface area contributed by atoms with Gasteiger partial charge in [0.15, 0.2) is 5.70 Å². The lowest BCUT2D eigenvalue weighted by Crippen LogP contribution is -2.29. The number of hydrogen-bond donors (Lipinski definition) is 1. The van der Waals surface area contributed by atoms with Crippen molar-refractivity contribution in [3.8, 4) is 32.6 Å². The van der Waals surface area contributed by atoms with Gasteiger partial charge < -0.3 is 18.9 Å². The molecule has 0 amide bonds. The maximum atomic E-state index is 5.62. The number of thiophene rings is 4. The van der Waals surface area contributed by atoms with Crippen molar-refractivity contribution in [3.05, 3.63) is 195 Å². The van der Waals surface area contributed by atoms with E-state index in [2.05, 4.69) is 190 Å². The molecule has 0 fully saturated rings. The van der Waals surface area contributed by atoms with Gasteiger partial charge in [0.25, 0.3) is 0 Å². The summed E-state index contributed by atoms with van der Waals surface area (Å²) < 4.78 is 15.9. The van der Waals surface area contributed by atoms with Crippen LogP contribution in [0.2, 0.25) is 0 Å². The lowest BCUT2D eigenvalue weighted by Gasteiger charge is -2.13. The van der Waals surface area contributed by atoms with Crippen LogP contribution in [0.4, 0.5) is 0 Å². The number of ether oxygens (including phenoxy) is 2. The third-order valence-electron chi connectivity index (χ3n) is 13.1. The van der Waals surface area contributed by atoms with Crippen molar-refractivity contribution in [3.63, 3.8) is 0 Å². The zero-order valence-electron chi connectivity index (χ0n) is 39.6. The zero-order valence-corrected chi connectivity index (χ0v) is 42.8. The third kappa shape index (κ3) is 7.50. The molecule has 69 heavy (non-hydrogen) atoms. The summed E-state index contributed by atoms with van der Waals surface area (Å²) in [5, 5.41) is 4.78. The number of rotatable bonds is 7. The zero-order chi connectivity index (χ0) is 47.2. The molecule has 0 atom stereocenters. The number of H-pyrrole nitrogens is 1. The van der Waals surface area contributed by atoms with Crippen molar-refractivity contribution in [2.45, 2.75) is 41.5 Å². The molecule has 4 aromatic carbocycles. The van der Waals surface area contributed by atoms with Crippen LogP contribution in [0.1, 0.15) is 74.0 Å². The molecule has 1 N–H and O–H groups in total. The Kier molecular flexibility index (Phi) is 10.7. The monoisotopic (exact) mass is 970 g/mol. The van der Waals surface area contributed by atoms with Crippen molar-refractivity contribution < 1.29 is 14.0 Å². The minimum Gasteiger partial charge on any atom is -0.497 e. The van der Waals surface area contributed by atoms with E-state index in [1.807, 2.05) is 28.7 Å². The molecule has 3 aliphatic rings. The first kappa shape index (κ1) is 43.5. The molecule has 0 saturated carbocycles. The van der Waals surface area contributed by atoms with Crippen LogP contribution in [-0.2, 0) is 0 Å². The molecule has 10 aromatic rings. The molecule has 3 aliphatic heterocycles. The van der Waals surface area contributed by atoms with E-state index in [0.717, 1.165) is 39.7 Å². The second kappa shape index (κ2) is 17.0. The minimum atomic E-state index is 0.857. The fraction of sp³-hybridized carbons (Fsp3) is 0.138. The summed E-state index contributed by atoms with van der Waals surface area (Å²) in [7, 11) is 5.74. The summed E-state index contributed by atoms with van der Waals surface area (Å²) in [4.78, 5) is 19.1. The molecule has 13 rings (SSSR count). The molecule has 1 radical (unpaired) electrons. The Bertz CT molecular complexity index is 3880. The number of methoxy groups -OCH3 is 2. The molecule has 6 nitrogen and oxygen atoms in total. The molecule has 0 unspecified atom stereocenters. The summed E-state index contributed by atoms with van der Waals surface area (Å²) in [6.07, 6.45) is 4.56. The topological polar surface area (TPSA) is 54.5 Å². The number of hydrogen-bond acceptors (Lipinski definition) is 7. The highest BCUT2D eigenvalue weighted by atomic mass is 32.1. The number of aromatic nitrogens is 2. The van der Waals surface area contributed by atoms with E-state index in [-0.39, 0.29) is 0 Å². The van der Waals surface area contributed by atoms with E-state index >= 15 is 0 Å². The molecule has 0 aliphatic carbocycles. The Morgan fingerprint density at radius 3 is 1.77 bits per heavy atom. The van der Waals surface area contributed by atoms with Gasteiger partial charge in [-0.1, -0.05) is 29.3 Å². The first-order valence-corrected chi connectivity index (χ1v) is 26.2. The lowest BCUT2D eigenvalue weighted by atomic mass is 9.98.